The van der Waals surface area contributed by atoms with Crippen molar-refractivity contribution in [1.82, 2.24) is 14.5 Å². The lowest BCUT2D eigenvalue weighted by Crippen LogP contribution is -2.42. The van der Waals surface area contributed by atoms with Crippen LogP contribution >= 0.6 is 11.3 Å². The highest BCUT2D eigenvalue weighted by atomic mass is 32.1. The molecule has 0 radical (unpaired) electrons. The Morgan fingerprint density at radius 3 is 2.69 bits per heavy atom. The standard InChI is InChI=1S/C16H17FN4OS.C10H9NO2/c17-10-3-1-2-8(4-10)14-13(20-16(19)23-14)15(22)21-11(7-18)5-9-6-12(9)21;1-11-6-8(10(12)13)7-4-2-3-5-9(7)11/h1-4,9,11-12H,5-7,18H2,(H2,19,20);2-6H,1H3,(H,12,13)/t9-,11+,12+;/m1./s1. The number of halogens is 1. The number of aromatic nitrogens is 2. The highest BCUT2D eigenvalue weighted by molar-refractivity contribution is 7.19. The SMILES string of the molecule is Cn1cc(C(=O)O)c2ccccc21.NC[C@@H]1C[C@@H]2C[C@@H]2N1C(=O)c1nc(N)sc1-c1cccc(F)c1. The average Bonchev–Trinajstić information content (AvgIpc) is 3.19. The van der Waals surface area contributed by atoms with Crippen molar-refractivity contribution in [1.29, 1.82) is 0 Å². The summed E-state index contributed by atoms with van der Waals surface area (Å²) in [6.07, 6.45) is 3.63. The Morgan fingerprint density at radius 2 is 1.97 bits per heavy atom. The van der Waals surface area contributed by atoms with Gasteiger partial charge in [-0.3, -0.25) is 4.79 Å². The number of amides is 1. The Bertz CT molecular complexity index is 1470. The number of piperidine rings is 1. The second-order valence-electron chi connectivity index (χ2n) is 9.12. The number of anilines is 1. The summed E-state index contributed by atoms with van der Waals surface area (Å²) in [5.74, 6) is -0.799. The Balaban J connectivity index is 0.000000174. The minimum atomic E-state index is -0.878. The Hall–Kier alpha value is -3.76. The Labute approximate surface area is 211 Å². The second kappa shape index (κ2) is 9.36. The molecule has 186 valence electrons. The molecule has 4 aromatic rings. The first kappa shape index (κ1) is 24.0. The van der Waals surface area contributed by atoms with E-state index in [1.807, 2.05) is 40.8 Å². The van der Waals surface area contributed by atoms with Crippen molar-refractivity contribution >= 4 is 39.2 Å². The number of nitrogen functional groups attached to an aromatic ring is 1. The van der Waals surface area contributed by atoms with Crippen LogP contribution in [0.25, 0.3) is 21.3 Å². The van der Waals surface area contributed by atoms with Crippen LogP contribution in [0.4, 0.5) is 9.52 Å². The summed E-state index contributed by atoms with van der Waals surface area (Å²) in [5, 5.41) is 9.98. The molecule has 10 heteroatoms. The number of carboxylic acid groups (broad SMARTS) is 1. The van der Waals surface area contributed by atoms with Crippen LogP contribution < -0.4 is 11.5 Å². The fourth-order valence-electron chi connectivity index (χ4n) is 5.03. The molecule has 1 saturated heterocycles. The zero-order valence-corrected chi connectivity index (χ0v) is 20.4. The number of hydrogen-bond acceptors (Lipinski definition) is 6. The molecule has 36 heavy (non-hydrogen) atoms. The number of benzene rings is 2. The minimum Gasteiger partial charge on any atom is -0.478 e. The van der Waals surface area contributed by atoms with Gasteiger partial charge in [-0.1, -0.05) is 41.7 Å². The van der Waals surface area contributed by atoms with Crippen LogP contribution in [0.15, 0.2) is 54.7 Å². The van der Waals surface area contributed by atoms with Crippen LogP contribution in [-0.4, -0.2) is 50.1 Å². The van der Waals surface area contributed by atoms with Gasteiger partial charge in [-0.05, 0) is 42.5 Å². The van der Waals surface area contributed by atoms with Gasteiger partial charge in [0.15, 0.2) is 5.13 Å². The number of carbonyl (C=O) groups excluding carboxylic acids is 1. The summed E-state index contributed by atoms with van der Waals surface area (Å²) in [6, 6.07) is 13.9. The number of carbonyl (C=O) groups is 2. The number of carboxylic acids is 1. The van der Waals surface area contributed by atoms with Crippen molar-refractivity contribution in [3.05, 3.63) is 71.8 Å². The molecule has 1 amide bonds. The number of para-hydroxylation sites is 1. The lowest BCUT2D eigenvalue weighted by Gasteiger charge is -2.26. The van der Waals surface area contributed by atoms with E-state index in [2.05, 4.69) is 4.98 Å². The van der Waals surface area contributed by atoms with E-state index >= 15 is 0 Å². The average molecular weight is 508 g/mol. The topological polar surface area (TPSA) is 127 Å². The monoisotopic (exact) mass is 507 g/mol. The van der Waals surface area contributed by atoms with Gasteiger partial charge in [-0.25, -0.2) is 14.2 Å². The van der Waals surface area contributed by atoms with Crippen LogP contribution in [0.3, 0.4) is 0 Å². The number of hydrogen-bond donors (Lipinski definition) is 3. The molecule has 2 aromatic heterocycles. The number of aromatic carboxylic acids is 1. The second-order valence-corrected chi connectivity index (χ2v) is 10.1. The predicted octanol–water partition coefficient (Wildman–Crippen LogP) is 3.97. The Kier molecular flexibility index (Phi) is 6.23. The minimum absolute atomic E-state index is 0.0644. The maximum Gasteiger partial charge on any atom is 0.337 e. The molecule has 2 aliphatic rings. The number of aryl methyl sites for hydroxylation is 1. The van der Waals surface area contributed by atoms with E-state index in [9.17, 15) is 14.0 Å². The number of nitrogens with zero attached hydrogens (tertiary/aromatic N) is 3. The summed E-state index contributed by atoms with van der Waals surface area (Å²) in [6.45, 7) is 0.452. The van der Waals surface area contributed by atoms with Crippen LogP contribution in [-0.2, 0) is 7.05 Å². The van der Waals surface area contributed by atoms with Crippen molar-refractivity contribution in [2.75, 3.05) is 12.3 Å². The lowest BCUT2D eigenvalue weighted by molar-refractivity contribution is 0.0691. The van der Waals surface area contributed by atoms with Crippen LogP contribution in [0.2, 0.25) is 0 Å². The van der Waals surface area contributed by atoms with E-state index in [0.29, 0.717) is 39.3 Å². The molecule has 0 unspecified atom stereocenters. The molecule has 1 saturated carbocycles. The van der Waals surface area contributed by atoms with Gasteiger partial charge in [-0.15, -0.1) is 0 Å². The molecule has 8 nitrogen and oxygen atoms in total. The smallest absolute Gasteiger partial charge is 0.337 e. The van der Waals surface area contributed by atoms with Crippen molar-refractivity contribution in [3.63, 3.8) is 0 Å². The molecule has 3 heterocycles. The third-order valence-corrected chi connectivity index (χ3v) is 7.71. The number of thiazole rings is 1. The normalized spacial score (nSPS) is 20.1. The third-order valence-electron chi connectivity index (χ3n) is 6.78. The number of likely N-dealkylation sites (tertiary alicyclic amines) is 1. The van der Waals surface area contributed by atoms with Gasteiger partial charge in [0.2, 0.25) is 0 Å². The van der Waals surface area contributed by atoms with E-state index in [-0.39, 0.29) is 23.8 Å². The molecule has 0 spiro atoms. The fraction of sp³-hybridized carbons (Fsp3) is 0.269. The molecular weight excluding hydrogens is 481 g/mol. The highest BCUT2D eigenvalue weighted by Gasteiger charge is 2.54. The van der Waals surface area contributed by atoms with Crippen molar-refractivity contribution < 1.29 is 19.1 Å². The molecule has 2 aromatic carbocycles. The maximum absolute atomic E-state index is 13.5. The highest BCUT2D eigenvalue weighted by Crippen LogP contribution is 2.48. The molecule has 1 aliphatic heterocycles. The molecule has 2 fully saturated rings. The van der Waals surface area contributed by atoms with Gasteiger partial charge in [0.05, 0.1) is 10.4 Å². The fourth-order valence-corrected chi connectivity index (χ4v) is 5.85. The Morgan fingerprint density at radius 1 is 1.19 bits per heavy atom. The number of rotatable bonds is 4. The van der Waals surface area contributed by atoms with Gasteiger partial charge in [-0.2, -0.15) is 0 Å². The first-order valence-corrected chi connectivity index (χ1v) is 12.4. The summed E-state index contributed by atoms with van der Waals surface area (Å²) < 4.78 is 15.3. The van der Waals surface area contributed by atoms with Crippen molar-refractivity contribution in [2.45, 2.75) is 24.9 Å². The molecule has 3 atom stereocenters. The predicted molar refractivity (Wildman–Crippen MR) is 137 cm³/mol. The lowest BCUT2D eigenvalue weighted by atomic mass is 10.1. The quantitative estimate of drug-likeness (QED) is 0.384. The first-order valence-electron chi connectivity index (χ1n) is 11.6. The van der Waals surface area contributed by atoms with E-state index in [0.717, 1.165) is 23.7 Å². The molecule has 0 bridgehead atoms. The summed E-state index contributed by atoms with van der Waals surface area (Å²) in [7, 11) is 1.84. The largest absolute Gasteiger partial charge is 0.478 e. The molecule has 6 rings (SSSR count). The van der Waals surface area contributed by atoms with Crippen LogP contribution in [0, 0.1) is 11.7 Å². The van der Waals surface area contributed by atoms with Gasteiger partial charge in [0.25, 0.3) is 5.91 Å². The van der Waals surface area contributed by atoms with E-state index in [4.69, 9.17) is 16.6 Å². The zero-order valence-electron chi connectivity index (χ0n) is 19.6. The zero-order chi connectivity index (χ0) is 25.6. The summed E-state index contributed by atoms with van der Waals surface area (Å²) >= 11 is 1.21. The van der Waals surface area contributed by atoms with Crippen LogP contribution in [0.5, 0.6) is 0 Å². The third kappa shape index (κ3) is 4.33. The number of nitrogens with two attached hydrogens (primary N) is 2. The van der Waals surface area contributed by atoms with Crippen molar-refractivity contribution in [2.24, 2.45) is 18.7 Å². The van der Waals surface area contributed by atoms with E-state index in [1.165, 1.54) is 23.5 Å². The molecule has 5 N–H and O–H groups in total. The number of fused-ring (bicyclic) bond motifs is 2. The molecule has 1 aliphatic carbocycles. The first-order chi connectivity index (χ1) is 17.3. The van der Waals surface area contributed by atoms with Gasteiger partial charge < -0.3 is 26.0 Å². The van der Waals surface area contributed by atoms with Crippen LogP contribution in [0.1, 0.15) is 33.7 Å². The van der Waals surface area contributed by atoms with Gasteiger partial charge in [0.1, 0.15) is 11.5 Å². The summed E-state index contributed by atoms with van der Waals surface area (Å²) in [5.41, 5.74) is 13.9. The van der Waals surface area contributed by atoms with E-state index < -0.39 is 5.97 Å². The van der Waals surface area contributed by atoms with Crippen molar-refractivity contribution in [3.8, 4) is 10.4 Å². The van der Waals surface area contributed by atoms with Gasteiger partial charge >= 0.3 is 5.97 Å². The van der Waals surface area contributed by atoms with Gasteiger partial charge in [0, 0.05) is 42.8 Å². The maximum atomic E-state index is 13.5. The summed E-state index contributed by atoms with van der Waals surface area (Å²) in [4.78, 5) is 30.5. The van der Waals surface area contributed by atoms with E-state index in [1.54, 1.807) is 18.3 Å². The molecular formula is C26H26FN5O3S.